The Morgan fingerprint density at radius 3 is 2.61 bits per heavy atom. The zero-order valence-corrected chi connectivity index (χ0v) is 11.6. The van der Waals surface area contributed by atoms with Crippen LogP contribution in [0.3, 0.4) is 0 Å². The monoisotopic (exact) mass is 251 g/mol. The Morgan fingerprint density at radius 1 is 1.11 bits per heavy atom. The highest BCUT2D eigenvalue weighted by Crippen LogP contribution is 2.09. The smallest absolute Gasteiger partial charge is 0.0719 e. The van der Waals surface area contributed by atoms with Crippen molar-refractivity contribution in [2.24, 2.45) is 0 Å². The first kappa shape index (κ1) is 15.2. The minimum absolute atomic E-state index is 0.706. The Kier molecular flexibility index (Phi) is 8.47. The number of nitrogens with one attached hydrogen (secondary N) is 1. The second-order valence-electron chi connectivity index (χ2n) is 4.28. The van der Waals surface area contributed by atoms with Crippen molar-refractivity contribution in [2.45, 2.75) is 32.9 Å². The van der Waals surface area contributed by atoms with Gasteiger partial charge in [-0.2, -0.15) is 0 Å². The second kappa shape index (κ2) is 10.1. The third-order valence-electron chi connectivity index (χ3n) is 2.85. The van der Waals surface area contributed by atoms with Crippen LogP contribution in [0.25, 0.3) is 0 Å². The molecule has 0 aliphatic rings. The lowest BCUT2D eigenvalue weighted by Gasteiger charge is -2.10. The van der Waals surface area contributed by atoms with E-state index >= 15 is 0 Å². The van der Waals surface area contributed by atoms with Gasteiger partial charge in [-0.1, -0.05) is 24.3 Å². The molecule has 3 heteroatoms. The van der Waals surface area contributed by atoms with E-state index in [1.165, 1.54) is 11.1 Å². The van der Waals surface area contributed by atoms with E-state index in [0.29, 0.717) is 6.61 Å². The third kappa shape index (κ3) is 6.15. The summed E-state index contributed by atoms with van der Waals surface area (Å²) < 4.78 is 10.5. The van der Waals surface area contributed by atoms with E-state index in [1.807, 2.05) is 6.92 Å². The summed E-state index contributed by atoms with van der Waals surface area (Å²) in [4.78, 5) is 0. The number of methoxy groups -OCH3 is 1. The number of unbranched alkanes of at least 4 members (excludes halogenated alkanes) is 1. The Hall–Kier alpha value is -0.900. The molecule has 0 spiro atoms. The van der Waals surface area contributed by atoms with Gasteiger partial charge in [0, 0.05) is 26.9 Å². The predicted molar refractivity (Wildman–Crippen MR) is 74.6 cm³/mol. The molecule has 0 atom stereocenters. The highest BCUT2D eigenvalue weighted by atomic mass is 16.5. The average Bonchev–Trinajstić information content (AvgIpc) is 2.41. The Balaban J connectivity index is 2.27. The normalized spacial score (nSPS) is 10.8. The summed E-state index contributed by atoms with van der Waals surface area (Å²) in [6.45, 7) is 6.29. The first-order valence-corrected chi connectivity index (χ1v) is 6.72. The molecule has 0 bridgehead atoms. The molecule has 0 saturated carbocycles. The number of rotatable bonds is 10. The van der Waals surface area contributed by atoms with Gasteiger partial charge in [-0.3, -0.25) is 0 Å². The molecule has 18 heavy (non-hydrogen) atoms. The standard InChI is InChI=1S/C15H25NO2/c1-3-18-13-15-9-5-4-8-14(15)12-16-10-6-7-11-17-2/h4-5,8-9,16H,3,6-7,10-13H2,1-2H3. The molecule has 102 valence electrons. The van der Waals surface area contributed by atoms with Crippen LogP contribution in [0, 0.1) is 0 Å². The number of hydrogen-bond acceptors (Lipinski definition) is 3. The van der Waals surface area contributed by atoms with Crippen LogP contribution in [0.1, 0.15) is 30.9 Å². The van der Waals surface area contributed by atoms with Crippen molar-refractivity contribution >= 4 is 0 Å². The van der Waals surface area contributed by atoms with Crippen LogP contribution in [0.2, 0.25) is 0 Å². The topological polar surface area (TPSA) is 30.5 Å². The van der Waals surface area contributed by atoms with E-state index in [1.54, 1.807) is 7.11 Å². The van der Waals surface area contributed by atoms with Gasteiger partial charge in [0.15, 0.2) is 0 Å². The maximum Gasteiger partial charge on any atom is 0.0719 e. The lowest BCUT2D eigenvalue weighted by molar-refractivity contribution is 0.133. The van der Waals surface area contributed by atoms with Crippen molar-refractivity contribution in [3.05, 3.63) is 35.4 Å². The average molecular weight is 251 g/mol. The van der Waals surface area contributed by atoms with Crippen LogP contribution in [0.4, 0.5) is 0 Å². The highest BCUT2D eigenvalue weighted by molar-refractivity contribution is 5.26. The van der Waals surface area contributed by atoms with Crippen molar-refractivity contribution in [3.8, 4) is 0 Å². The van der Waals surface area contributed by atoms with E-state index in [9.17, 15) is 0 Å². The van der Waals surface area contributed by atoms with Crippen molar-refractivity contribution < 1.29 is 9.47 Å². The van der Waals surface area contributed by atoms with E-state index in [-0.39, 0.29) is 0 Å². The predicted octanol–water partition coefficient (Wildman–Crippen LogP) is 2.74. The van der Waals surface area contributed by atoms with E-state index in [2.05, 4.69) is 29.6 Å². The van der Waals surface area contributed by atoms with Crippen LogP contribution >= 0.6 is 0 Å². The molecule has 1 aromatic rings. The Labute approximate surface area is 110 Å². The van der Waals surface area contributed by atoms with Gasteiger partial charge in [0.1, 0.15) is 0 Å². The molecular formula is C15H25NO2. The summed E-state index contributed by atoms with van der Waals surface area (Å²) in [6.07, 6.45) is 2.27. The fourth-order valence-corrected chi connectivity index (χ4v) is 1.80. The molecule has 0 fully saturated rings. The van der Waals surface area contributed by atoms with Crippen molar-refractivity contribution in [1.82, 2.24) is 5.32 Å². The van der Waals surface area contributed by atoms with Crippen molar-refractivity contribution in [2.75, 3.05) is 26.9 Å². The summed E-state index contributed by atoms with van der Waals surface area (Å²) in [5.41, 5.74) is 2.61. The molecule has 0 heterocycles. The van der Waals surface area contributed by atoms with Crippen LogP contribution in [-0.4, -0.2) is 26.9 Å². The molecule has 1 N–H and O–H groups in total. The van der Waals surface area contributed by atoms with E-state index < -0.39 is 0 Å². The SMILES string of the molecule is CCOCc1ccccc1CNCCCCOC. The zero-order chi connectivity index (χ0) is 13.1. The Morgan fingerprint density at radius 2 is 1.89 bits per heavy atom. The van der Waals surface area contributed by atoms with Gasteiger partial charge in [-0.15, -0.1) is 0 Å². The maximum absolute atomic E-state index is 5.48. The van der Waals surface area contributed by atoms with E-state index in [0.717, 1.165) is 39.1 Å². The zero-order valence-electron chi connectivity index (χ0n) is 11.6. The summed E-state index contributed by atoms with van der Waals surface area (Å²) in [6, 6.07) is 8.45. The van der Waals surface area contributed by atoms with Gasteiger partial charge in [0.25, 0.3) is 0 Å². The second-order valence-corrected chi connectivity index (χ2v) is 4.28. The lowest BCUT2D eigenvalue weighted by Crippen LogP contribution is -2.16. The number of hydrogen-bond donors (Lipinski definition) is 1. The van der Waals surface area contributed by atoms with Gasteiger partial charge in [0.2, 0.25) is 0 Å². The number of benzene rings is 1. The van der Waals surface area contributed by atoms with Crippen molar-refractivity contribution in [3.63, 3.8) is 0 Å². The first-order valence-electron chi connectivity index (χ1n) is 6.72. The van der Waals surface area contributed by atoms with Gasteiger partial charge in [0.05, 0.1) is 6.61 Å². The molecule has 0 saturated heterocycles. The summed E-state index contributed by atoms with van der Waals surface area (Å²) in [5.74, 6) is 0. The fourth-order valence-electron chi connectivity index (χ4n) is 1.80. The van der Waals surface area contributed by atoms with Gasteiger partial charge in [-0.05, 0) is 37.4 Å². The first-order chi connectivity index (χ1) is 8.88. The van der Waals surface area contributed by atoms with E-state index in [4.69, 9.17) is 9.47 Å². The van der Waals surface area contributed by atoms with Crippen LogP contribution < -0.4 is 5.32 Å². The largest absolute Gasteiger partial charge is 0.385 e. The highest BCUT2D eigenvalue weighted by Gasteiger charge is 2.00. The molecule has 1 rings (SSSR count). The van der Waals surface area contributed by atoms with Gasteiger partial charge >= 0.3 is 0 Å². The van der Waals surface area contributed by atoms with Crippen LogP contribution in [0.5, 0.6) is 0 Å². The van der Waals surface area contributed by atoms with Crippen LogP contribution in [0.15, 0.2) is 24.3 Å². The molecule has 0 aliphatic carbocycles. The summed E-state index contributed by atoms with van der Waals surface area (Å²) >= 11 is 0. The third-order valence-corrected chi connectivity index (χ3v) is 2.85. The molecule has 0 amide bonds. The van der Waals surface area contributed by atoms with Gasteiger partial charge in [-0.25, -0.2) is 0 Å². The molecule has 0 radical (unpaired) electrons. The van der Waals surface area contributed by atoms with Gasteiger partial charge < -0.3 is 14.8 Å². The number of ether oxygens (including phenoxy) is 2. The molecule has 0 unspecified atom stereocenters. The quantitative estimate of drug-likeness (QED) is 0.649. The molecule has 0 aliphatic heterocycles. The summed E-state index contributed by atoms with van der Waals surface area (Å²) in [5, 5.41) is 3.47. The molecular weight excluding hydrogens is 226 g/mol. The minimum atomic E-state index is 0.706. The maximum atomic E-state index is 5.48. The lowest BCUT2D eigenvalue weighted by atomic mass is 10.1. The van der Waals surface area contributed by atoms with Crippen LogP contribution in [-0.2, 0) is 22.6 Å². The fraction of sp³-hybridized carbons (Fsp3) is 0.600. The Bertz CT molecular complexity index is 315. The minimum Gasteiger partial charge on any atom is -0.385 e. The summed E-state index contributed by atoms with van der Waals surface area (Å²) in [7, 11) is 1.75. The van der Waals surface area contributed by atoms with Crippen molar-refractivity contribution in [1.29, 1.82) is 0 Å². The molecule has 0 aromatic heterocycles. The molecule has 3 nitrogen and oxygen atoms in total. The molecule has 1 aromatic carbocycles.